The van der Waals surface area contributed by atoms with Crippen LogP contribution >= 0.6 is 0 Å². The summed E-state index contributed by atoms with van der Waals surface area (Å²) in [6, 6.07) is 14.9. The molecule has 3 rings (SSSR count). The van der Waals surface area contributed by atoms with Gasteiger partial charge in [0.1, 0.15) is 5.75 Å². The molecule has 2 aromatic carbocycles. The van der Waals surface area contributed by atoms with Gasteiger partial charge in [-0.15, -0.1) is 0 Å². The molecule has 1 aliphatic rings. The van der Waals surface area contributed by atoms with Crippen LogP contribution in [-0.4, -0.2) is 25.0 Å². The van der Waals surface area contributed by atoms with Gasteiger partial charge in [-0.25, -0.2) is 0 Å². The molecule has 0 aliphatic carbocycles. The van der Waals surface area contributed by atoms with Gasteiger partial charge in [-0.1, -0.05) is 18.2 Å². The summed E-state index contributed by atoms with van der Waals surface area (Å²) in [7, 11) is 0. The Labute approximate surface area is 147 Å². The van der Waals surface area contributed by atoms with Gasteiger partial charge < -0.3 is 15.0 Å². The molecule has 25 heavy (non-hydrogen) atoms. The van der Waals surface area contributed by atoms with E-state index in [1.165, 1.54) is 0 Å². The number of rotatable bonds is 6. The second kappa shape index (κ2) is 7.83. The van der Waals surface area contributed by atoms with Crippen molar-refractivity contribution in [2.45, 2.75) is 26.3 Å². The van der Waals surface area contributed by atoms with E-state index in [4.69, 9.17) is 4.74 Å². The number of benzene rings is 2. The van der Waals surface area contributed by atoms with Crippen molar-refractivity contribution in [1.82, 2.24) is 5.32 Å². The van der Waals surface area contributed by atoms with Crippen molar-refractivity contribution in [2.75, 3.05) is 18.1 Å². The van der Waals surface area contributed by atoms with Crippen molar-refractivity contribution in [3.63, 3.8) is 0 Å². The van der Waals surface area contributed by atoms with E-state index in [1.807, 2.05) is 43.3 Å². The summed E-state index contributed by atoms with van der Waals surface area (Å²) in [6.45, 7) is 3.73. The lowest BCUT2D eigenvalue weighted by Gasteiger charge is -2.16. The predicted molar refractivity (Wildman–Crippen MR) is 96.8 cm³/mol. The monoisotopic (exact) mass is 338 g/mol. The quantitative estimate of drug-likeness (QED) is 0.880. The van der Waals surface area contributed by atoms with Crippen LogP contribution in [0.1, 0.15) is 35.7 Å². The SMILES string of the molecule is CCOc1ccc(CNC(=O)c2cccc(N3CCCC3=O)c2)cc1. The van der Waals surface area contributed by atoms with Crippen LogP contribution in [0.4, 0.5) is 5.69 Å². The Bertz CT molecular complexity index is 756. The average molecular weight is 338 g/mol. The van der Waals surface area contributed by atoms with Crippen LogP contribution in [0.15, 0.2) is 48.5 Å². The van der Waals surface area contributed by atoms with Crippen molar-refractivity contribution in [3.8, 4) is 5.75 Å². The second-order valence-electron chi connectivity index (χ2n) is 5.96. The Morgan fingerprint density at radius 3 is 2.68 bits per heavy atom. The number of hydrogen-bond donors (Lipinski definition) is 1. The number of nitrogens with zero attached hydrogens (tertiary/aromatic N) is 1. The molecule has 2 amide bonds. The molecule has 1 N–H and O–H groups in total. The molecule has 130 valence electrons. The molecule has 5 nitrogen and oxygen atoms in total. The van der Waals surface area contributed by atoms with Gasteiger partial charge in [-0.2, -0.15) is 0 Å². The first-order chi connectivity index (χ1) is 12.2. The molecule has 1 saturated heterocycles. The van der Waals surface area contributed by atoms with E-state index in [0.717, 1.165) is 30.0 Å². The third-order valence-electron chi connectivity index (χ3n) is 4.18. The summed E-state index contributed by atoms with van der Waals surface area (Å²) < 4.78 is 5.41. The Balaban J connectivity index is 1.62. The summed E-state index contributed by atoms with van der Waals surface area (Å²) in [6.07, 6.45) is 1.45. The van der Waals surface area contributed by atoms with Crippen molar-refractivity contribution >= 4 is 17.5 Å². The first kappa shape index (κ1) is 17.0. The van der Waals surface area contributed by atoms with Gasteiger partial charge in [-0.3, -0.25) is 9.59 Å². The van der Waals surface area contributed by atoms with Crippen LogP contribution in [0.5, 0.6) is 5.75 Å². The topological polar surface area (TPSA) is 58.6 Å². The fraction of sp³-hybridized carbons (Fsp3) is 0.300. The molecule has 0 bridgehead atoms. The lowest BCUT2D eigenvalue weighted by Crippen LogP contribution is -2.25. The normalized spacial score (nSPS) is 13.8. The van der Waals surface area contributed by atoms with Gasteiger partial charge >= 0.3 is 0 Å². The van der Waals surface area contributed by atoms with Crippen LogP contribution < -0.4 is 15.0 Å². The zero-order valence-corrected chi connectivity index (χ0v) is 14.3. The maximum atomic E-state index is 12.4. The minimum absolute atomic E-state index is 0.118. The standard InChI is InChI=1S/C20H22N2O3/c1-2-25-18-10-8-15(9-11-18)14-21-20(24)16-5-3-6-17(13-16)22-12-4-7-19(22)23/h3,5-6,8-11,13H,2,4,7,12,14H2,1H3,(H,21,24). The summed E-state index contributed by atoms with van der Waals surface area (Å²) in [5, 5.41) is 2.91. The zero-order chi connectivity index (χ0) is 17.6. The summed E-state index contributed by atoms with van der Waals surface area (Å²) in [5.74, 6) is 0.787. The average Bonchev–Trinajstić information content (AvgIpc) is 3.07. The Kier molecular flexibility index (Phi) is 5.33. The first-order valence-electron chi connectivity index (χ1n) is 8.57. The highest BCUT2D eigenvalue weighted by atomic mass is 16.5. The third kappa shape index (κ3) is 4.18. The molecular weight excluding hydrogens is 316 g/mol. The minimum atomic E-state index is -0.151. The third-order valence-corrected chi connectivity index (χ3v) is 4.18. The summed E-state index contributed by atoms with van der Waals surface area (Å²) in [5.41, 5.74) is 2.35. The van der Waals surface area contributed by atoms with Crippen LogP contribution in [-0.2, 0) is 11.3 Å². The van der Waals surface area contributed by atoms with E-state index in [0.29, 0.717) is 25.1 Å². The maximum Gasteiger partial charge on any atom is 0.251 e. The van der Waals surface area contributed by atoms with Gasteiger partial charge in [0, 0.05) is 30.8 Å². The number of carbonyl (C=O) groups is 2. The number of nitrogens with one attached hydrogen (secondary N) is 1. The van der Waals surface area contributed by atoms with E-state index in [1.54, 1.807) is 17.0 Å². The van der Waals surface area contributed by atoms with Crippen LogP contribution in [0, 0.1) is 0 Å². The van der Waals surface area contributed by atoms with Crippen molar-refractivity contribution in [1.29, 1.82) is 0 Å². The van der Waals surface area contributed by atoms with E-state index < -0.39 is 0 Å². The van der Waals surface area contributed by atoms with E-state index in [2.05, 4.69) is 5.32 Å². The summed E-state index contributed by atoms with van der Waals surface area (Å²) in [4.78, 5) is 26.0. The first-order valence-corrected chi connectivity index (χ1v) is 8.57. The smallest absolute Gasteiger partial charge is 0.251 e. The highest BCUT2D eigenvalue weighted by Gasteiger charge is 2.22. The molecule has 5 heteroatoms. The second-order valence-corrected chi connectivity index (χ2v) is 5.96. The van der Waals surface area contributed by atoms with Gasteiger partial charge in [0.2, 0.25) is 5.91 Å². The molecule has 0 aromatic heterocycles. The van der Waals surface area contributed by atoms with Gasteiger partial charge in [-0.05, 0) is 49.2 Å². The number of ether oxygens (including phenoxy) is 1. The number of carbonyl (C=O) groups excluding carboxylic acids is 2. The number of anilines is 1. The Morgan fingerprint density at radius 1 is 1.20 bits per heavy atom. The molecule has 1 aliphatic heterocycles. The van der Waals surface area contributed by atoms with Gasteiger partial charge in [0.25, 0.3) is 5.91 Å². The molecular formula is C20H22N2O3. The van der Waals surface area contributed by atoms with Crippen LogP contribution in [0.3, 0.4) is 0 Å². The number of amides is 2. The fourth-order valence-electron chi connectivity index (χ4n) is 2.89. The largest absolute Gasteiger partial charge is 0.494 e. The zero-order valence-electron chi connectivity index (χ0n) is 14.3. The van der Waals surface area contributed by atoms with Crippen molar-refractivity contribution in [3.05, 3.63) is 59.7 Å². The number of hydrogen-bond acceptors (Lipinski definition) is 3. The molecule has 0 saturated carbocycles. The molecule has 1 heterocycles. The minimum Gasteiger partial charge on any atom is -0.494 e. The Morgan fingerprint density at radius 2 is 2.00 bits per heavy atom. The van der Waals surface area contributed by atoms with E-state index in [9.17, 15) is 9.59 Å². The fourth-order valence-corrected chi connectivity index (χ4v) is 2.89. The lowest BCUT2D eigenvalue weighted by molar-refractivity contribution is -0.117. The molecule has 0 atom stereocenters. The summed E-state index contributed by atoms with van der Waals surface area (Å²) >= 11 is 0. The lowest BCUT2D eigenvalue weighted by atomic mass is 10.1. The van der Waals surface area contributed by atoms with Gasteiger partial charge in [0.05, 0.1) is 6.61 Å². The molecule has 1 fully saturated rings. The molecule has 0 radical (unpaired) electrons. The predicted octanol–water partition coefficient (Wildman–Crippen LogP) is 3.14. The van der Waals surface area contributed by atoms with Crippen molar-refractivity contribution < 1.29 is 14.3 Å². The molecule has 2 aromatic rings. The molecule has 0 spiro atoms. The van der Waals surface area contributed by atoms with Gasteiger partial charge in [0.15, 0.2) is 0 Å². The van der Waals surface area contributed by atoms with Crippen LogP contribution in [0.25, 0.3) is 0 Å². The van der Waals surface area contributed by atoms with E-state index in [-0.39, 0.29) is 11.8 Å². The highest BCUT2D eigenvalue weighted by Crippen LogP contribution is 2.22. The van der Waals surface area contributed by atoms with Crippen molar-refractivity contribution in [2.24, 2.45) is 0 Å². The Hall–Kier alpha value is -2.82. The highest BCUT2D eigenvalue weighted by molar-refractivity contribution is 5.99. The molecule has 0 unspecified atom stereocenters. The maximum absolute atomic E-state index is 12.4. The van der Waals surface area contributed by atoms with Crippen LogP contribution in [0.2, 0.25) is 0 Å². The van der Waals surface area contributed by atoms with E-state index >= 15 is 0 Å².